The van der Waals surface area contributed by atoms with Crippen LogP contribution in [-0.4, -0.2) is 37.2 Å². The number of nitrogens with one attached hydrogen (secondary N) is 2. The molecule has 0 spiro atoms. The maximum absolute atomic E-state index is 13.1. The first-order chi connectivity index (χ1) is 9.56. The van der Waals surface area contributed by atoms with Crippen LogP contribution in [0.4, 0.5) is 10.1 Å². The van der Waals surface area contributed by atoms with Gasteiger partial charge in [-0.1, -0.05) is 6.07 Å². The molecule has 0 saturated heterocycles. The van der Waals surface area contributed by atoms with Gasteiger partial charge in [-0.25, -0.2) is 9.18 Å². The molecule has 0 saturated carbocycles. The van der Waals surface area contributed by atoms with Crippen molar-refractivity contribution < 1.29 is 23.8 Å². The first kappa shape index (κ1) is 15.6. The number of carbonyl (C=O) groups is 2. The standard InChI is InChI=1S/C13H15FN2O4/c1-20-12(18)8-11(13(19)15-5-6-17)16-10-4-2-3-9(14)7-10/h2-4,7-8,16-17H,5-6H2,1H3,(H,15,19)/b11-8-. The highest BCUT2D eigenvalue weighted by atomic mass is 19.1. The van der Waals surface area contributed by atoms with Gasteiger partial charge in [0.2, 0.25) is 0 Å². The van der Waals surface area contributed by atoms with Crippen LogP contribution in [0, 0.1) is 5.82 Å². The van der Waals surface area contributed by atoms with E-state index in [1.807, 2.05) is 0 Å². The number of halogens is 1. The van der Waals surface area contributed by atoms with Crippen LogP contribution in [0.1, 0.15) is 0 Å². The highest BCUT2D eigenvalue weighted by molar-refractivity contribution is 6.01. The van der Waals surface area contributed by atoms with Gasteiger partial charge in [0.25, 0.3) is 5.91 Å². The van der Waals surface area contributed by atoms with Crippen LogP contribution in [-0.2, 0) is 14.3 Å². The Bertz CT molecular complexity index is 517. The van der Waals surface area contributed by atoms with E-state index >= 15 is 0 Å². The molecule has 3 N–H and O–H groups in total. The zero-order chi connectivity index (χ0) is 15.0. The summed E-state index contributed by atoms with van der Waals surface area (Å²) in [5.74, 6) is -1.83. The molecule has 1 amide bonds. The number of ether oxygens (including phenoxy) is 1. The van der Waals surface area contributed by atoms with E-state index in [4.69, 9.17) is 5.11 Å². The van der Waals surface area contributed by atoms with Gasteiger partial charge >= 0.3 is 5.97 Å². The highest BCUT2D eigenvalue weighted by Crippen LogP contribution is 2.12. The average Bonchev–Trinajstić information content (AvgIpc) is 2.43. The van der Waals surface area contributed by atoms with Gasteiger partial charge in [0.15, 0.2) is 0 Å². The molecule has 0 aliphatic heterocycles. The van der Waals surface area contributed by atoms with Crippen molar-refractivity contribution in [3.63, 3.8) is 0 Å². The summed E-state index contributed by atoms with van der Waals surface area (Å²) in [7, 11) is 1.17. The molecule has 0 heterocycles. The minimum atomic E-state index is -0.733. The molecular formula is C13H15FN2O4. The number of benzene rings is 1. The van der Waals surface area contributed by atoms with Crippen molar-refractivity contribution in [1.29, 1.82) is 0 Å². The summed E-state index contributed by atoms with van der Waals surface area (Å²) in [5.41, 5.74) is 0.190. The van der Waals surface area contributed by atoms with E-state index in [0.717, 1.165) is 6.08 Å². The monoisotopic (exact) mass is 282 g/mol. The molecule has 1 aromatic rings. The van der Waals surface area contributed by atoms with Crippen molar-refractivity contribution in [2.45, 2.75) is 0 Å². The Kier molecular flexibility index (Phi) is 6.18. The molecule has 20 heavy (non-hydrogen) atoms. The fourth-order valence-corrected chi connectivity index (χ4v) is 1.32. The molecule has 7 heteroatoms. The molecule has 0 atom stereocenters. The van der Waals surface area contributed by atoms with E-state index in [-0.39, 0.29) is 18.8 Å². The molecule has 0 fully saturated rings. The summed E-state index contributed by atoms with van der Waals surface area (Å²) in [6, 6.07) is 5.41. The number of rotatable bonds is 6. The second-order valence-electron chi connectivity index (χ2n) is 3.70. The highest BCUT2D eigenvalue weighted by Gasteiger charge is 2.12. The smallest absolute Gasteiger partial charge is 0.332 e. The maximum Gasteiger partial charge on any atom is 0.332 e. The summed E-state index contributed by atoms with van der Waals surface area (Å²) in [4.78, 5) is 23.0. The normalized spacial score (nSPS) is 10.8. The zero-order valence-electron chi connectivity index (χ0n) is 10.9. The zero-order valence-corrected chi connectivity index (χ0v) is 10.9. The van der Waals surface area contributed by atoms with Crippen LogP contribution < -0.4 is 10.6 Å². The quantitative estimate of drug-likeness (QED) is 0.519. The van der Waals surface area contributed by atoms with Gasteiger partial charge in [0.1, 0.15) is 11.5 Å². The summed E-state index contributed by atoms with van der Waals surface area (Å²) in [5, 5.41) is 13.7. The van der Waals surface area contributed by atoms with Crippen LogP contribution in [0.2, 0.25) is 0 Å². The molecule has 0 radical (unpaired) electrons. The van der Waals surface area contributed by atoms with Crippen LogP contribution in [0.25, 0.3) is 0 Å². The number of hydrogen-bond donors (Lipinski definition) is 3. The second-order valence-corrected chi connectivity index (χ2v) is 3.70. The molecule has 1 rings (SSSR count). The van der Waals surface area contributed by atoms with Gasteiger partial charge in [-0.3, -0.25) is 4.79 Å². The van der Waals surface area contributed by atoms with Crippen molar-refractivity contribution in [2.75, 3.05) is 25.6 Å². The molecule has 1 aromatic carbocycles. The van der Waals surface area contributed by atoms with Crippen molar-refractivity contribution >= 4 is 17.6 Å². The van der Waals surface area contributed by atoms with Gasteiger partial charge < -0.3 is 20.5 Å². The first-order valence-corrected chi connectivity index (χ1v) is 5.78. The van der Waals surface area contributed by atoms with Crippen molar-refractivity contribution in [3.05, 3.63) is 41.9 Å². The molecule has 0 bridgehead atoms. The maximum atomic E-state index is 13.1. The van der Waals surface area contributed by atoms with E-state index in [1.165, 1.54) is 31.4 Å². The first-order valence-electron chi connectivity index (χ1n) is 5.78. The molecule has 0 aliphatic rings. The predicted octanol–water partition coefficient (Wildman–Crippen LogP) is 0.403. The summed E-state index contributed by atoms with van der Waals surface area (Å²) < 4.78 is 17.5. The number of carbonyl (C=O) groups excluding carboxylic acids is 2. The van der Waals surface area contributed by atoms with Crippen LogP contribution >= 0.6 is 0 Å². The molecule has 0 aliphatic carbocycles. The van der Waals surface area contributed by atoms with Crippen LogP contribution in [0.15, 0.2) is 36.0 Å². The van der Waals surface area contributed by atoms with Crippen LogP contribution in [0.5, 0.6) is 0 Å². The number of aliphatic hydroxyl groups is 1. The minimum absolute atomic E-state index is 0.0299. The molecular weight excluding hydrogens is 267 g/mol. The lowest BCUT2D eigenvalue weighted by Gasteiger charge is -2.11. The van der Waals surface area contributed by atoms with Gasteiger partial charge in [-0.15, -0.1) is 0 Å². The number of anilines is 1. The number of aliphatic hydroxyl groups excluding tert-OH is 1. The van der Waals surface area contributed by atoms with Gasteiger partial charge in [-0.05, 0) is 18.2 Å². The largest absolute Gasteiger partial charge is 0.466 e. The Morgan fingerprint density at radius 3 is 2.80 bits per heavy atom. The average molecular weight is 282 g/mol. The summed E-state index contributed by atoms with van der Waals surface area (Å²) in [6.07, 6.45) is 0.942. The number of hydrogen-bond acceptors (Lipinski definition) is 5. The Labute approximate surface area is 115 Å². The SMILES string of the molecule is COC(=O)/C=C(\Nc1cccc(F)c1)C(=O)NCCO. The summed E-state index contributed by atoms with van der Waals surface area (Å²) in [6.45, 7) is -0.209. The third-order valence-corrected chi connectivity index (χ3v) is 2.21. The van der Waals surface area contributed by atoms with Gasteiger partial charge in [-0.2, -0.15) is 0 Å². The fourth-order valence-electron chi connectivity index (χ4n) is 1.32. The van der Waals surface area contributed by atoms with E-state index in [2.05, 4.69) is 15.4 Å². The fraction of sp³-hybridized carbons (Fsp3) is 0.231. The van der Waals surface area contributed by atoms with Crippen molar-refractivity contribution in [3.8, 4) is 0 Å². The second kappa shape index (κ2) is 7.90. The van der Waals surface area contributed by atoms with Gasteiger partial charge in [0, 0.05) is 12.2 Å². The lowest BCUT2D eigenvalue weighted by Crippen LogP contribution is -2.31. The lowest BCUT2D eigenvalue weighted by atomic mass is 10.2. The summed E-state index contributed by atoms with van der Waals surface area (Å²) >= 11 is 0. The van der Waals surface area contributed by atoms with E-state index in [1.54, 1.807) is 0 Å². The van der Waals surface area contributed by atoms with E-state index < -0.39 is 17.7 Å². The Morgan fingerprint density at radius 2 is 2.20 bits per heavy atom. The van der Waals surface area contributed by atoms with E-state index in [9.17, 15) is 14.0 Å². The Morgan fingerprint density at radius 1 is 1.45 bits per heavy atom. The molecule has 6 nitrogen and oxygen atoms in total. The third kappa shape index (κ3) is 5.07. The molecule has 0 unspecified atom stereocenters. The predicted molar refractivity (Wildman–Crippen MR) is 70.2 cm³/mol. The van der Waals surface area contributed by atoms with E-state index in [0.29, 0.717) is 5.69 Å². The van der Waals surface area contributed by atoms with Gasteiger partial charge in [0.05, 0.1) is 19.8 Å². The lowest BCUT2D eigenvalue weighted by molar-refractivity contribution is -0.135. The minimum Gasteiger partial charge on any atom is -0.466 e. The van der Waals surface area contributed by atoms with Crippen molar-refractivity contribution in [1.82, 2.24) is 5.32 Å². The van der Waals surface area contributed by atoms with Crippen LogP contribution in [0.3, 0.4) is 0 Å². The topological polar surface area (TPSA) is 87.7 Å². The molecule has 108 valence electrons. The number of methoxy groups -OCH3 is 1. The Hall–Kier alpha value is -2.41. The third-order valence-electron chi connectivity index (χ3n) is 2.21. The van der Waals surface area contributed by atoms with Crippen molar-refractivity contribution in [2.24, 2.45) is 0 Å². The molecule has 0 aromatic heterocycles. The number of esters is 1. The Balaban J connectivity index is 2.90. The number of amides is 1.